The Balaban J connectivity index is 2.97. The molecule has 0 aromatic heterocycles. The van der Waals surface area contributed by atoms with Gasteiger partial charge < -0.3 is 20.7 Å². The normalized spacial score (nSPS) is 28.9. The van der Waals surface area contributed by atoms with E-state index in [2.05, 4.69) is 4.74 Å². The highest BCUT2D eigenvalue weighted by Crippen LogP contribution is 2.26. The van der Waals surface area contributed by atoms with E-state index in [1.54, 1.807) is 0 Å². The Morgan fingerprint density at radius 3 is 2.38 bits per heavy atom. The van der Waals surface area contributed by atoms with Crippen LogP contribution >= 0.6 is 0 Å². The molecule has 4 N–H and O–H groups in total. The number of carbonyl (C=O) groups is 3. The number of aliphatic carboxylic acids is 2. The van der Waals surface area contributed by atoms with E-state index in [1.807, 2.05) is 0 Å². The molecule has 1 fully saturated rings. The lowest BCUT2D eigenvalue weighted by Gasteiger charge is -2.20. The quantitative estimate of drug-likeness (QED) is 0.539. The third kappa shape index (κ3) is 1.91. The van der Waals surface area contributed by atoms with Crippen molar-refractivity contribution in [2.45, 2.75) is 18.0 Å². The zero-order valence-electron chi connectivity index (χ0n) is 8.54. The fourth-order valence-electron chi connectivity index (χ4n) is 1.62. The van der Waals surface area contributed by atoms with E-state index in [0.717, 1.165) is 12.0 Å². The van der Waals surface area contributed by atoms with E-state index in [1.165, 1.54) is 0 Å². The van der Waals surface area contributed by atoms with Gasteiger partial charge in [0.2, 0.25) is 0 Å². The highest BCUT2D eigenvalue weighted by atomic mass is 16.5. The molecule has 1 saturated heterocycles. The molecule has 8 heteroatoms. The number of likely N-dealkylation sites (tertiary alicyclic amines) is 1. The van der Waals surface area contributed by atoms with Crippen molar-refractivity contribution in [2.24, 2.45) is 5.73 Å². The summed E-state index contributed by atoms with van der Waals surface area (Å²) in [7, 11) is 1.08. The van der Waals surface area contributed by atoms with Crippen LogP contribution in [0.5, 0.6) is 0 Å². The first kappa shape index (κ1) is 12.2. The fraction of sp³-hybridized carbons (Fsp3) is 0.625. The molecule has 2 atom stereocenters. The van der Waals surface area contributed by atoms with Gasteiger partial charge in [-0.05, 0) is 0 Å². The summed E-state index contributed by atoms with van der Waals surface area (Å²) in [6, 6.07) is -1.27. The molecule has 0 aromatic rings. The van der Waals surface area contributed by atoms with Gasteiger partial charge in [-0.25, -0.2) is 9.59 Å². The van der Waals surface area contributed by atoms with E-state index in [4.69, 9.17) is 15.9 Å². The number of carboxylic acid groups (broad SMARTS) is 2. The van der Waals surface area contributed by atoms with E-state index in [9.17, 15) is 14.4 Å². The Morgan fingerprint density at radius 1 is 1.44 bits per heavy atom. The zero-order chi connectivity index (χ0) is 12.5. The van der Waals surface area contributed by atoms with E-state index >= 15 is 0 Å². The van der Waals surface area contributed by atoms with Crippen LogP contribution in [0.25, 0.3) is 0 Å². The van der Waals surface area contributed by atoms with Crippen molar-refractivity contribution in [3.63, 3.8) is 0 Å². The molecule has 16 heavy (non-hydrogen) atoms. The van der Waals surface area contributed by atoms with Crippen molar-refractivity contribution >= 4 is 18.0 Å². The number of methoxy groups -OCH3 is 1. The largest absolute Gasteiger partial charge is 0.480 e. The maximum absolute atomic E-state index is 11.2. The van der Waals surface area contributed by atoms with Gasteiger partial charge in [-0.2, -0.15) is 0 Å². The predicted octanol–water partition coefficient (Wildman–Crippen LogP) is -1.31. The Hall–Kier alpha value is -1.83. The monoisotopic (exact) mass is 232 g/mol. The van der Waals surface area contributed by atoms with Crippen LogP contribution in [-0.2, 0) is 14.3 Å². The molecule has 1 aliphatic heterocycles. The van der Waals surface area contributed by atoms with Crippen LogP contribution in [0.1, 0.15) is 6.42 Å². The van der Waals surface area contributed by atoms with Gasteiger partial charge in [-0.1, -0.05) is 0 Å². The highest BCUT2D eigenvalue weighted by molar-refractivity contribution is 5.87. The molecule has 0 unspecified atom stereocenters. The molecule has 0 saturated carbocycles. The van der Waals surface area contributed by atoms with E-state index < -0.39 is 29.6 Å². The summed E-state index contributed by atoms with van der Waals surface area (Å²) in [5, 5.41) is 17.7. The Morgan fingerprint density at radius 2 is 2.00 bits per heavy atom. The van der Waals surface area contributed by atoms with Gasteiger partial charge >= 0.3 is 18.0 Å². The molecule has 1 aliphatic rings. The average Bonchev–Trinajstić information content (AvgIpc) is 2.57. The molecule has 0 aliphatic carbocycles. The third-order valence-electron chi connectivity index (χ3n) is 2.51. The second kappa shape index (κ2) is 3.97. The van der Waals surface area contributed by atoms with Crippen molar-refractivity contribution in [2.75, 3.05) is 13.7 Å². The molecule has 1 heterocycles. The maximum atomic E-state index is 11.2. The van der Waals surface area contributed by atoms with Crippen LogP contribution < -0.4 is 5.73 Å². The minimum absolute atomic E-state index is 0.341. The first-order valence-corrected chi connectivity index (χ1v) is 4.41. The molecule has 1 rings (SSSR count). The van der Waals surface area contributed by atoms with E-state index in [-0.39, 0.29) is 13.0 Å². The summed E-state index contributed by atoms with van der Waals surface area (Å²) in [5.41, 5.74) is 3.76. The van der Waals surface area contributed by atoms with Gasteiger partial charge in [0.1, 0.15) is 11.6 Å². The van der Waals surface area contributed by atoms with Crippen LogP contribution in [0.2, 0.25) is 0 Å². The number of carboxylic acids is 2. The lowest BCUT2D eigenvalue weighted by atomic mass is 9.98. The lowest BCUT2D eigenvalue weighted by Crippen LogP contribution is -2.50. The fourth-order valence-corrected chi connectivity index (χ4v) is 1.62. The first-order valence-electron chi connectivity index (χ1n) is 4.41. The minimum Gasteiger partial charge on any atom is -0.480 e. The number of hydrogen-bond donors (Lipinski definition) is 3. The van der Waals surface area contributed by atoms with Crippen molar-refractivity contribution in [1.82, 2.24) is 4.90 Å². The van der Waals surface area contributed by atoms with Crippen LogP contribution in [0.4, 0.5) is 4.79 Å². The molecule has 0 aromatic carbocycles. The lowest BCUT2D eigenvalue weighted by molar-refractivity contribution is -0.142. The summed E-state index contributed by atoms with van der Waals surface area (Å²) in [6.07, 6.45) is -1.24. The number of ether oxygens (including phenoxy) is 1. The summed E-state index contributed by atoms with van der Waals surface area (Å²) in [5.74, 6) is -2.65. The first-order chi connectivity index (χ1) is 7.31. The molecule has 1 amide bonds. The Labute approximate surface area is 90.6 Å². The van der Waals surface area contributed by atoms with Gasteiger partial charge in [-0.3, -0.25) is 9.69 Å². The smallest absolute Gasteiger partial charge is 0.410 e. The predicted molar refractivity (Wildman–Crippen MR) is 49.7 cm³/mol. The van der Waals surface area contributed by atoms with E-state index in [0.29, 0.717) is 0 Å². The summed E-state index contributed by atoms with van der Waals surface area (Å²) < 4.78 is 4.36. The topological polar surface area (TPSA) is 130 Å². The highest BCUT2D eigenvalue weighted by Gasteiger charge is 2.51. The minimum atomic E-state index is -1.74. The summed E-state index contributed by atoms with van der Waals surface area (Å²) in [4.78, 5) is 33.7. The van der Waals surface area contributed by atoms with Crippen molar-refractivity contribution in [3.8, 4) is 0 Å². The third-order valence-corrected chi connectivity index (χ3v) is 2.51. The van der Waals surface area contributed by atoms with Gasteiger partial charge in [0.15, 0.2) is 0 Å². The number of amides is 1. The van der Waals surface area contributed by atoms with Crippen molar-refractivity contribution in [1.29, 1.82) is 0 Å². The van der Waals surface area contributed by atoms with Crippen molar-refractivity contribution in [3.05, 3.63) is 0 Å². The SMILES string of the molecule is COC(=O)N1C[C@@](N)(C(=O)O)C[C@@H]1C(=O)O. The summed E-state index contributed by atoms with van der Waals surface area (Å²) >= 11 is 0. The zero-order valence-corrected chi connectivity index (χ0v) is 8.54. The number of rotatable bonds is 2. The number of carbonyl (C=O) groups excluding carboxylic acids is 1. The van der Waals surface area contributed by atoms with Crippen molar-refractivity contribution < 1.29 is 29.3 Å². The molecule has 0 spiro atoms. The maximum Gasteiger partial charge on any atom is 0.410 e. The average molecular weight is 232 g/mol. The van der Waals surface area contributed by atoms with Crippen LogP contribution in [-0.4, -0.2) is 58.4 Å². The molecular weight excluding hydrogens is 220 g/mol. The van der Waals surface area contributed by atoms with Gasteiger partial charge in [0.25, 0.3) is 0 Å². The molecule has 8 nitrogen and oxygen atoms in total. The van der Waals surface area contributed by atoms with Gasteiger partial charge in [0, 0.05) is 6.42 Å². The molecular formula is C8H12N2O6. The Bertz CT molecular complexity index is 343. The second-order valence-electron chi connectivity index (χ2n) is 3.62. The van der Waals surface area contributed by atoms with Gasteiger partial charge in [-0.15, -0.1) is 0 Å². The van der Waals surface area contributed by atoms with Crippen LogP contribution in [0.3, 0.4) is 0 Å². The standard InChI is InChI=1S/C8H12N2O6/c1-16-7(15)10-3-8(9,6(13)14)2-4(10)5(11)12/h4H,2-3,9H2,1H3,(H,11,12)(H,13,14)/t4-,8-/m1/s1. The number of nitrogens with two attached hydrogens (primary N) is 1. The number of hydrogen-bond acceptors (Lipinski definition) is 5. The van der Waals surface area contributed by atoms with Crippen LogP contribution in [0.15, 0.2) is 0 Å². The number of nitrogens with zero attached hydrogens (tertiary/aromatic N) is 1. The molecule has 90 valence electrons. The van der Waals surface area contributed by atoms with Crippen LogP contribution in [0, 0.1) is 0 Å². The second-order valence-corrected chi connectivity index (χ2v) is 3.62. The molecule has 0 radical (unpaired) electrons. The van der Waals surface area contributed by atoms with Gasteiger partial charge in [0.05, 0.1) is 13.7 Å². The molecule has 0 bridgehead atoms. The summed E-state index contributed by atoms with van der Waals surface area (Å²) in [6.45, 7) is -0.383. The Kier molecular flexibility index (Phi) is 3.04.